The van der Waals surface area contributed by atoms with Gasteiger partial charge in [-0.1, -0.05) is 19.3 Å². The minimum atomic E-state index is -0.833. The second kappa shape index (κ2) is 9.72. The van der Waals surface area contributed by atoms with E-state index >= 15 is 0 Å². The number of hydrogen-bond donors (Lipinski definition) is 4. The van der Waals surface area contributed by atoms with Crippen molar-refractivity contribution in [2.24, 2.45) is 17.1 Å². The second-order valence-electron chi connectivity index (χ2n) is 7.26. The number of carboxylic acid groups (broad SMARTS) is 2. The molecule has 3 aliphatic rings. The number of rotatable bonds is 2. The summed E-state index contributed by atoms with van der Waals surface area (Å²) < 4.78 is 0. The molecule has 3 fully saturated rings. The van der Waals surface area contributed by atoms with Crippen LogP contribution in [0.1, 0.15) is 46.0 Å². The van der Waals surface area contributed by atoms with Crippen molar-refractivity contribution in [1.29, 1.82) is 0 Å². The van der Waals surface area contributed by atoms with Gasteiger partial charge in [-0.15, -0.1) is 0 Å². The molecule has 25 heavy (non-hydrogen) atoms. The summed E-state index contributed by atoms with van der Waals surface area (Å²) in [5, 5.41) is 18.1. The van der Waals surface area contributed by atoms with Crippen molar-refractivity contribution in [3.05, 3.63) is 0 Å². The minimum Gasteiger partial charge on any atom is -0.481 e. The highest BCUT2D eigenvalue weighted by atomic mass is 16.4. The van der Waals surface area contributed by atoms with E-state index in [1.54, 1.807) is 0 Å². The summed E-state index contributed by atoms with van der Waals surface area (Å²) in [4.78, 5) is 32.2. The highest BCUT2D eigenvalue weighted by molar-refractivity contribution is 5.83. The van der Waals surface area contributed by atoms with Crippen LogP contribution in [-0.4, -0.2) is 65.2 Å². The number of carbonyl (C=O) groups excluding carboxylic acids is 1. The fraction of sp³-hybridized carbons (Fsp3) is 0.824. The molecule has 1 atom stereocenters. The van der Waals surface area contributed by atoms with Gasteiger partial charge in [-0.2, -0.15) is 0 Å². The summed E-state index contributed by atoms with van der Waals surface area (Å²) in [5.74, 6) is -1.03. The van der Waals surface area contributed by atoms with Crippen LogP contribution < -0.4 is 11.1 Å². The lowest BCUT2D eigenvalue weighted by Gasteiger charge is -2.56. The van der Waals surface area contributed by atoms with Gasteiger partial charge in [-0.25, -0.2) is 0 Å². The Morgan fingerprint density at radius 2 is 1.48 bits per heavy atom. The third-order valence-electron chi connectivity index (χ3n) is 4.81. The van der Waals surface area contributed by atoms with E-state index in [1.807, 2.05) is 4.90 Å². The van der Waals surface area contributed by atoms with E-state index in [4.69, 9.17) is 25.5 Å². The van der Waals surface area contributed by atoms with Gasteiger partial charge in [0.05, 0.1) is 6.04 Å². The molecule has 1 saturated carbocycles. The summed E-state index contributed by atoms with van der Waals surface area (Å²) in [6.07, 6.45) is 6.11. The summed E-state index contributed by atoms with van der Waals surface area (Å²) in [6.45, 7) is 6.18. The molecular weight excluding hydrogens is 326 g/mol. The average molecular weight is 357 g/mol. The molecule has 1 spiro atoms. The van der Waals surface area contributed by atoms with E-state index in [1.165, 1.54) is 19.3 Å². The van der Waals surface area contributed by atoms with E-state index in [0.29, 0.717) is 11.3 Å². The van der Waals surface area contributed by atoms with Crippen LogP contribution in [0.15, 0.2) is 0 Å². The molecule has 5 N–H and O–H groups in total. The molecule has 0 unspecified atom stereocenters. The zero-order valence-electron chi connectivity index (χ0n) is 15.2. The SMILES string of the molecule is CC(=O)O.CC(=O)O.N[C@H](C(=O)N1CC2(CNC2)C1)C1CCCCC1. The lowest BCUT2D eigenvalue weighted by atomic mass is 9.73. The molecule has 3 rings (SSSR count). The lowest BCUT2D eigenvalue weighted by molar-refractivity contribution is -0.149. The molecule has 0 radical (unpaired) electrons. The van der Waals surface area contributed by atoms with Crippen molar-refractivity contribution in [2.45, 2.75) is 52.0 Å². The van der Waals surface area contributed by atoms with Crippen LogP contribution in [0.2, 0.25) is 0 Å². The monoisotopic (exact) mass is 357 g/mol. The average Bonchev–Trinajstić information content (AvgIpc) is 2.43. The van der Waals surface area contributed by atoms with E-state index in [2.05, 4.69) is 5.32 Å². The molecule has 1 amide bonds. The first kappa shape index (κ1) is 21.4. The molecule has 2 saturated heterocycles. The van der Waals surface area contributed by atoms with E-state index in [9.17, 15) is 4.79 Å². The van der Waals surface area contributed by atoms with Gasteiger partial charge in [-0.3, -0.25) is 14.4 Å². The zero-order chi connectivity index (χ0) is 19.0. The number of nitrogens with one attached hydrogen (secondary N) is 1. The molecule has 2 heterocycles. The van der Waals surface area contributed by atoms with Crippen LogP contribution in [0.3, 0.4) is 0 Å². The molecule has 8 nitrogen and oxygen atoms in total. The Hall–Kier alpha value is -1.67. The normalized spacial score (nSPS) is 22.1. The molecule has 0 aromatic carbocycles. The van der Waals surface area contributed by atoms with Crippen molar-refractivity contribution in [3.8, 4) is 0 Å². The van der Waals surface area contributed by atoms with Gasteiger partial charge in [-0.05, 0) is 18.8 Å². The number of likely N-dealkylation sites (tertiary alicyclic amines) is 1. The molecule has 0 bridgehead atoms. The van der Waals surface area contributed by atoms with E-state index in [0.717, 1.165) is 52.9 Å². The van der Waals surface area contributed by atoms with E-state index in [-0.39, 0.29) is 11.9 Å². The van der Waals surface area contributed by atoms with Gasteiger partial charge < -0.3 is 26.2 Å². The molecule has 144 valence electrons. The molecule has 2 aliphatic heterocycles. The molecular formula is C17H31N3O5. The number of amides is 1. The largest absolute Gasteiger partial charge is 0.481 e. The predicted molar refractivity (Wildman–Crippen MR) is 93.1 cm³/mol. The van der Waals surface area contributed by atoms with Crippen molar-refractivity contribution in [2.75, 3.05) is 26.2 Å². The topological polar surface area (TPSA) is 133 Å². The number of nitrogens with two attached hydrogens (primary N) is 1. The first-order chi connectivity index (χ1) is 11.7. The summed E-state index contributed by atoms with van der Waals surface area (Å²) >= 11 is 0. The Balaban J connectivity index is 0.000000333. The minimum absolute atomic E-state index is 0.203. The molecule has 8 heteroatoms. The van der Waals surface area contributed by atoms with Gasteiger partial charge in [0, 0.05) is 45.4 Å². The highest BCUT2D eigenvalue weighted by Gasteiger charge is 2.50. The summed E-state index contributed by atoms with van der Waals surface area (Å²) in [5.41, 5.74) is 6.56. The van der Waals surface area contributed by atoms with E-state index < -0.39 is 11.9 Å². The Morgan fingerprint density at radius 3 is 1.84 bits per heavy atom. The Kier molecular flexibility index (Phi) is 8.31. The maximum atomic E-state index is 12.2. The van der Waals surface area contributed by atoms with Gasteiger partial charge in [0.25, 0.3) is 11.9 Å². The van der Waals surface area contributed by atoms with Crippen molar-refractivity contribution in [1.82, 2.24) is 10.2 Å². The number of carbonyl (C=O) groups is 3. The van der Waals surface area contributed by atoms with Gasteiger partial charge in [0.15, 0.2) is 0 Å². The maximum Gasteiger partial charge on any atom is 0.300 e. The predicted octanol–water partition coefficient (Wildman–Crippen LogP) is 0.508. The number of hydrogen-bond acceptors (Lipinski definition) is 5. The van der Waals surface area contributed by atoms with Crippen LogP contribution in [0.25, 0.3) is 0 Å². The maximum absolute atomic E-state index is 12.2. The fourth-order valence-corrected chi connectivity index (χ4v) is 3.53. The van der Waals surface area contributed by atoms with Crippen molar-refractivity contribution >= 4 is 17.8 Å². The Bertz CT molecular complexity index is 445. The number of nitrogens with zero attached hydrogens (tertiary/aromatic N) is 1. The van der Waals surface area contributed by atoms with Gasteiger partial charge in [0.2, 0.25) is 5.91 Å². The van der Waals surface area contributed by atoms with Gasteiger partial charge >= 0.3 is 0 Å². The molecule has 0 aromatic heterocycles. The summed E-state index contributed by atoms with van der Waals surface area (Å²) in [7, 11) is 0. The smallest absolute Gasteiger partial charge is 0.300 e. The van der Waals surface area contributed by atoms with Crippen LogP contribution in [0, 0.1) is 11.3 Å². The van der Waals surface area contributed by atoms with Crippen molar-refractivity contribution < 1.29 is 24.6 Å². The zero-order valence-corrected chi connectivity index (χ0v) is 15.2. The molecule has 1 aliphatic carbocycles. The Morgan fingerprint density at radius 1 is 1.04 bits per heavy atom. The fourth-order valence-electron chi connectivity index (χ4n) is 3.53. The van der Waals surface area contributed by atoms with Crippen molar-refractivity contribution in [3.63, 3.8) is 0 Å². The third-order valence-corrected chi connectivity index (χ3v) is 4.81. The first-order valence-corrected chi connectivity index (χ1v) is 8.81. The molecule has 0 aromatic rings. The summed E-state index contributed by atoms with van der Waals surface area (Å²) in [6, 6.07) is -0.235. The Labute approximate surface area is 148 Å². The van der Waals surface area contributed by atoms with Crippen LogP contribution in [0.4, 0.5) is 0 Å². The number of carboxylic acids is 2. The lowest BCUT2D eigenvalue weighted by Crippen LogP contribution is -2.73. The standard InChI is InChI=1S/C13H23N3O.2C2H4O2/c14-11(10-4-2-1-3-5-10)12(17)16-8-13(9-16)6-15-7-13;2*1-2(3)4/h10-11,15H,1-9,14H2;2*1H3,(H,3,4)/t11-;;/m0../s1. The quantitative estimate of drug-likeness (QED) is 0.566. The third kappa shape index (κ3) is 6.99. The number of aliphatic carboxylic acids is 2. The first-order valence-electron chi connectivity index (χ1n) is 8.81. The van der Waals surface area contributed by atoms with Crippen LogP contribution >= 0.6 is 0 Å². The van der Waals surface area contributed by atoms with Crippen LogP contribution in [0.5, 0.6) is 0 Å². The highest BCUT2D eigenvalue weighted by Crippen LogP contribution is 2.35. The van der Waals surface area contributed by atoms with Crippen LogP contribution in [-0.2, 0) is 14.4 Å². The second-order valence-corrected chi connectivity index (χ2v) is 7.26. The van der Waals surface area contributed by atoms with Gasteiger partial charge in [0.1, 0.15) is 0 Å².